The molecule has 0 aliphatic rings. The van der Waals surface area contributed by atoms with Gasteiger partial charge in [-0.3, -0.25) is 26.7 Å². The van der Waals surface area contributed by atoms with Gasteiger partial charge in [0.2, 0.25) is 0 Å². The smallest absolute Gasteiger partial charge is 0.469 e. The third kappa shape index (κ3) is 137. The minimum atomic E-state index is -3.75. The first-order chi connectivity index (χ1) is 40.6. The number of rotatable bonds is 16. The molecule has 0 aromatic heterocycles. The van der Waals surface area contributed by atoms with E-state index in [2.05, 4.69) is 67.7 Å². The molecular formula is C65H143O24PS4. The Labute approximate surface area is 577 Å². The van der Waals surface area contributed by atoms with Gasteiger partial charge in [0.15, 0.2) is 0 Å². The number of ether oxygens (including phenoxy) is 5. The molecule has 0 rings (SSSR count). The van der Waals surface area contributed by atoms with Crippen molar-refractivity contribution in [3.8, 4) is 0 Å². The predicted octanol–water partition coefficient (Wildman–Crippen LogP) is 15.3. The van der Waals surface area contributed by atoms with Crippen LogP contribution < -0.4 is 0 Å². The number of sulfone groups is 1. The van der Waals surface area contributed by atoms with Crippen molar-refractivity contribution in [1.82, 2.24) is 0 Å². The summed E-state index contributed by atoms with van der Waals surface area (Å²) in [5.41, 5.74) is 0.0200. The lowest BCUT2D eigenvalue weighted by Gasteiger charge is -2.23. The minimum absolute atomic E-state index is 0.00812. The van der Waals surface area contributed by atoms with E-state index in [1.807, 2.05) is 166 Å². The molecule has 0 heterocycles. The SMILES string of the molecule is CC(=O)CC(C)(C)C.CC(=O)OCC(C)(C)C.CC(C)(C)COS(C)(=O)=O.CC(C)(C)CS(C)(=O)=O.COC(=O)CC(C)(C)C.COC(=O)OCC(C)(C)C.COCC(C)(C)C.COP(=O)(CC(C)(C)C)OC.COS(=O)(=O)CC(C)(C)C.COS(=O)(=O)OCC(C)(C)C. The highest BCUT2D eigenvalue weighted by Crippen LogP contribution is 2.50. The van der Waals surface area contributed by atoms with E-state index < -0.39 is 54.2 Å². The van der Waals surface area contributed by atoms with Crippen LogP contribution in [0.5, 0.6) is 0 Å². The molecule has 0 radical (unpaired) electrons. The lowest BCUT2D eigenvalue weighted by Crippen LogP contribution is -2.21. The Kier molecular flexibility index (Phi) is 60.1. The number of hydrogen-bond acceptors (Lipinski definition) is 24. The highest BCUT2D eigenvalue weighted by atomic mass is 32.3. The number of hydrogen-bond donors (Lipinski definition) is 0. The summed E-state index contributed by atoms with van der Waals surface area (Å²) in [4.78, 5) is 41.7. The molecule has 0 saturated heterocycles. The van der Waals surface area contributed by atoms with Crippen LogP contribution in [0.15, 0.2) is 0 Å². The molecule has 0 aliphatic carbocycles. The van der Waals surface area contributed by atoms with Gasteiger partial charge in [0.05, 0.1) is 91.8 Å². The van der Waals surface area contributed by atoms with Gasteiger partial charge >= 0.3 is 36.1 Å². The van der Waals surface area contributed by atoms with Gasteiger partial charge in [-0.2, -0.15) is 25.3 Å². The van der Waals surface area contributed by atoms with Crippen LogP contribution in [0.2, 0.25) is 0 Å². The van der Waals surface area contributed by atoms with Crippen molar-refractivity contribution < 1.29 is 107 Å². The van der Waals surface area contributed by atoms with Crippen LogP contribution in [-0.4, -0.2) is 171 Å². The normalized spacial score (nSPS) is 12.5. The van der Waals surface area contributed by atoms with Crippen LogP contribution in [0.4, 0.5) is 4.79 Å². The van der Waals surface area contributed by atoms with Crippen LogP contribution in [-0.2, 0) is 109 Å². The zero-order valence-electron chi connectivity index (χ0n) is 66.9. The van der Waals surface area contributed by atoms with E-state index in [1.165, 1.54) is 48.7 Å². The van der Waals surface area contributed by atoms with Gasteiger partial charge in [-0.15, -0.1) is 0 Å². The van der Waals surface area contributed by atoms with Crippen molar-refractivity contribution >= 4 is 71.9 Å². The van der Waals surface area contributed by atoms with Crippen molar-refractivity contribution in [2.45, 2.75) is 234 Å². The fraction of sp³-hybridized carbons (Fsp3) is 0.938. The predicted molar refractivity (Wildman–Crippen MR) is 383 cm³/mol. The molecule has 0 amide bonds. The summed E-state index contributed by atoms with van der Waals surface area (Å²) in [6, 6.07) is 0. The van der Waals surface area contributed by atoms with Crippen LogP contribution in [0.3, 0.4) is 0 Å². The fourth-order valence-electron chi connectivity index (χ4n) is 5.08. The van der Waals surface area contributed by atoms with Crippen LogP contribution in [0, 0.1) is 54.1 Å². The summed E-state index contributed by atoms with van der Waals surface area (Å²) in [5.74, 6) is 0.265. The number of ketones is 1. The second-order valence-electron chi connectivity index (χ2n) is 34.1. The molecule has 0 bridgehead atoms. The monoisotopic (exact) mass is 1470 g/mol. The number of methoxy groups -OCH3 is 3. The molecule has 0 atom stereocenters. The quantitative estimate of drug-likeness (QED) is 0.0599. The van der Waals surface area contributed by atoms with Gasteiger partial charge < -0.3 is 37.5 Å². The summed E-state index contributed by atoms with van der Waals surface area (Å²) in [7, 11) is -6.36. The Hall–Kier alpha value is -2.37. The average molecular weight is 1470 g/mol. The lowest BCUT2D eigenvalue weighted by atomic mass is 9.91. The zero-order chi connectivity index (χ0) is 78.7. The van der Waals surface area contributed by atoms with E-state index in [-0.39, 0.29) is 91.2 Å². The van der Waals surface area contributed by atoms with E-state index in [9.17, 15) is 57.4 Å². The number of esters is 2. The Morgan fingerprint density at radius 1 is 0.372 bits per heavy atom. The summed E-state index contributed by atoms with van der Waals surface area (Å²) in [6.45, 7) is 64.5. The molecule has 0 saturated carbocycles. The molecule has 94 heavy (non-hydrogen) atoms. The first-order valence-corrected chi connectivity index (χ1v) is 39.0. The van der Waals surface area contributed by atoms with E-state index in [0.29, 0.717) is 37.6 Å². The maximum atomic E-state index is 11.5. The van der Waals surface area contributed by atoms with E-state index in [0.717, 1.165) is 20.0 Å². The molecule has 0 fully saturated rings. The maximum absolute atomic E-state index is 11.5. The standard InChI is InChI=1S/C7H17O3P.C7H14O3.2C7H14O2.C7H14O.C6H14O4S.2C6H14O3S.C6H14O2S.C6H14O/c1-7(2,3)6-11(8,9-4)10-5;1-7(2,3)5-10-6(8)9-4;1-7(2,3)5-6(8)9-4;1-6(8)9-5-7(2,3)4;1-6(8)5-7(2,3)4;1-6(2,3)5-10-11(7,8)9-4;1-6(2,3)5-9-10(4,7)8;1-6(2,3)5-10(7,8)9-4;1-6(2,3)5-9(4,7)8;1-6(2,3)5-7-4/h6H2,1-5H3;5H2,1-4H3;2*5H2,1-4H3;5H2,1-4H3;5H2,1-4H3;2*5H2,1-4H3;5H2,1-4H3;5H2,1-4H3. The molecule has 576 valence electrons. The van der Waals surface area contributed by atoms with Gasteiger partial charge in [0.1, 0.15) is 15.6 Å². The summed E-state index contributed by atoms with van der Waals surface area (Å²) >= 11 is 0. The Balaban J connectivity index is -0.000000104. The molecule has 0 aromatic rings. The largest absolute Gasteiger partial charge is 0.507 e. The Bertz CT molecular complexity index is 2490. The van der Waals surface area contributed by atoms with E-state index in [4.69, 9.17) is 23.3 Å². The fourth-order valence-corrected chi connectivity index (χ4v) is 10.6. The van der Waals surface area contributed by atoms with Crippen LogP contribution in [0.25, 0.3) is 0 Å². The maximum Gasteiger partial charge on any atom is 0.507 e. The van der Waals surface area contributed by atoms with Crippen molar-refractivity contribution in [3.63, 3.8) is 0 Å². The van der Waals surface area contributed by atoms with Gasteiger partial charge in [0, 0.05) is 40.9 Å². The van der Waals surface area contributed by atoms with Crippen molar-refractivity contribution in [2.24, 2.45) is 54.1 Å². The topological polar surface area (TPSA) is 323 Å². The summed E-state index contributed by atoms with van der Waals surface area (Å²) < 4.78 is 147. The Morgan fingerprint density at radius 3 is 0.819 bits per heavy atom. The minimum Gasteiger partial charge on any atom is -0.469 e. The molecule has 0 spiro atoms. The van der Waals surface area contributed by atoms with Gasteiger partial charge in [0.25, 0.3) is 20.2 Å². The Morgan fingerprint density at radius 2 is 0.702 bits per heavy atom. The van der Waals surface area contributed by atoms with Crippen molar-refractivity contribution in [2.75, 3.05) is 113 Å². The second kappa shape index (κ2) is 50.0. The summed E-state index contributed by atoms with van der Waals surface area (Å²) in [5, 5.41) is 0. The molecule has 29 heteroatoms. The molecule has 0 aliphatic heterocycles. The first kappa shape index (κ1) is 113. The highest BCUT2D eigenvalue weighted by Gasteiger charge is 2.29. The van der Waals surface area contributed by atoms with Crippen molar-refractivity contribution in [3.05, 3.63) is 0 Å². The third-order valence-electron chi connectivity index (χ3n) is 8.09. The number of Topliss-reactive ketones (excluding diaryl/α,β-unsaturated/α-hetero) is 1. The number of carbonyl (C=O) groups excluding carboxylic acids is 4. The highest BCUT2D eigenvalue weighted by molar-refractivity contribution is 7.90. The van der Waals surface area contributed by atoms with Gasteiger partial charge in [-0.25, -0.2) is 17.4 Å². The van der Waals surface area contributed by atoms with E-state index in [1.54, 1.807) is 14.0 Å². The zero-order valence-corrected chi connectivity index (χ0v) is 71.1. The lowest BCUT2D eigenvalue weighted by molar-refractivity contribution is -0.144. The first-order valence-electron chi connectivity index (χ1n) is 30.4. The van der Waals surface area contributed by atoms with Gasteiger partial charge in [-0.05, 0) is 61.1 Å². The molecule has 0 aromatic carbocycles. The number of carbonyl (C=O) groups is 4. The molecule has 0 N–H and O–H groups in total. The molecule has 0 unspecified atom stereocenters. The molecular weight excluding hydrogens is 1320 g/mol. The van der Waals surface area contributed by atoms with Crippen LogP contribution >= 0.6 is 7.60 Å². The summed E-state index contributed by atoms with van der Waals surface area (Å²) in [6.07, 6.45) is 3.33. The van der Waals surface area contributed by atoms with Gasteiger partial charge in [-0.1, -0.05) is 208 Å². The third-order valence-corrected chi connectivity index (χ3v) is 15.0. The average Bonchev–Trinajstić information content (AvgIpc) is 0.973. The van der Waals surface area contributed by atoms with Crippen LogP contribution in [0.1, 0.15) is 234 Å². The van der Waals surface area contributed by atoms with Crippen molar-refractivity contribution in [1.29, 1.82) is 0 Å². The van der Waals surface area contributed by atoms with E-state index >= 15 is 0 Å². The second-order valence-corrected chi connectivity index (χ2v) is 43.2. The molecule has 24 nitrogen and oxygen atoms in total.